The smallest absolute Gasteiger partial charge is 0.259 e. The van der Waals surface area contributed by atoms with Crippen molar-refractivity contribution in [3.05, 3.63) is 78.0 Å². The summed E-state index contributed by atoms with van der Waals surface area (Å²) in [7, 11) is 0. The Kier molecular flexibility index (Phi) is 4.70. The van der Waals surface area contributed by atoms with Crippen LogP contribution in [0.2, 0.25) is 0 Å². The molecule has 2 amide bonds. The molecule has 3 heterocycles. The van der Waals surface area contributed by atoms with Crippen molar-refractivity contribution in [1.82, 2.24) is 4.98 Å². The Labute approximate surface area is 156 Å². The van der Waals surface area contributed by atoms with Crippen LogP contribution in [-0.2, 0) is 17.6 Å². The van der Waals surface area contributed by atoms with E-state index < -0.39 is 0 Å². The first-order valence-electron chi connectivity index (χ1n) is 8.88. The molecule has 0 radical (unpaired) electrons. The van der Waals surface area contributed by atoms with Gasteiger partial charge in [-0.15, -0.1) is 0 Å². The van der Waals surface area contributed by atoms with E-state index in [1.165, 1.54) is 0 Å². The maximum Gasteiger partial charge on any atom is 0.259 e. The number of furan rings is 1. The van der Waals surface area contributed by atoms with Crippen molar-refractivity contribution < 1.29 is 14.0 Å². The lowest BCUT2D eigenvalue weighted by Crippen LogP contribution is -2.28. The minimum absolute atomic E-state index is 0.0583. The number of nitrogens with one attached hydrogen (secondary N) is 1. The summed E-state index contributed by atoms with van der Waals surface area (Å²) in [5, 5.41) is 2.92. The maximum absolute atomic E-state index is 12.7. The maximum atomic E-state index is 12.7. The molecule has 0 aliphatic carbocycles. The van der Waals surface area contributed by atoms with E-state index >= 15 is 0 Å². The molecule has 27 heavy (non-hydrogen) atoms. The molecule has 3 aromatic rings. The molecule has 2 aromatic heterocycles. The van der Waals surface area contributed by atoms with Gasteiger partial charge in [0.25, 0.3) is 5.91 Å². The van der Waals surface area contributed by atoms with Crippen LogP contribution in [0, 0.1) is 0 Å². The van der Waals surface area contributed by atoms with Gasteiger partial charge in [-0.2, -0.15) is 0 Å². The lowest BCUT2D eigenvalue weighted by atomic mass is 10.1. The first-order chi connectivity index (χ1) is 13.2. The van der Waals surface area contributed by atoms with Gasteiger partial charge < -0.3 is 14.6 Å². The number of aromatic nitrogens is 1. The zero-order chi connectivity index (χ0) is 18.6. The Balaban J connectivity index is 1.42. The molecule has 0 atom stereocenters. The van der Waals surface area contributed by atoms with E-state index in [1.807, 2.05) is 30.3 Å². The van der Waals surface area contributed by atoms with Crippen LogP contribution in [0.3, 0.4) is 0 Å². The first-order valence-corrected chi connectivity index (χ1v) is 8.88. The summed E-state index contributed by atoms with van der Waals surface area (Å²) in [6.45, 7) is 0.624. The molecule has 0 saturated carbocycles. The Hall–Kier alpha value is -3.41. The van der Waals surface area contributed by atoms with E-state index in [9.17, 15) is 9.59 Å². The number of carbonyl (C=O) groups excluding carboxylic acids is 2. The predicted molar refractivity (Wildman–Crippen MR) is 102 cm³/mol. The average molecular weight is 361 g/mol. The molecule has 1 aromatic carbocycles. The molecule has 0 saturated heterocycles. The number of rotatable bonds is 5. The second kappa shape index (κ2) is 7.45. The van der Waals surface area contributed by atoms with Gasteiger partial charge in [0.15, 0.2) is 0 Å². The van der Waals surface area contributed by atoms with E-state index in [4.69, 9.17) is 4.42 Å². The Morgan fingerprint density at radius 3 is 2.89 bits per heavy atom. The lowest BCUT2D eigenvalue weighted by molar-refractivity contribution is -0.116. The van der Waals surface area contributed by atoms with Crippen LogP contribution in [0.5, 0.6) is 0 Å². The van der Waals surface area contributed by atoms with E-state index in [1.54, 1.807) is 35.7 Å². The van der Waals surface area contributed by atoms with E-state index in [0.29, 0.717) is 24.9 Å². The second-order valence-electron chi connectivity index (χ2n) is 6.42. The number of pyridine rings is 1. The van der Waals surface area contributed by atoms with E-state index in [2.05, 4.69) is 10.3 Å². The number of hydrogen-bond donors (Lipinski definition) is 1. The van der Waals surface area contributed by atoms with Crippen molar-refractivity contribution in [2.75, 3.05) is 16.8 Å². The van der Waals surface area contributed by atoms with Crippen LogP contribution in [0.1, 0.15) is 28.1 Å². The quantitative estimate of drug-likeness (QED) is 0.755. The second-order valence-corrected chi connectivity index (χ2v) is 6.42. The van der Waals surface area contributed by atoms with Gasteiger partial charge in [0.05, 0.1) is 11.8 Å². The molecule has 6 heteroatoms. The number of benzene rings is 1. The van der Waals surface area contributed by atoms with Crippen LogP contribution in [-0.4, -0.2) is 23.3 Å². The van der Waals surface area contributed by atoms with Gasteiger partial charge in [-0.25, -0.2) is 0 Å². The average Bonchev–Trinajstić information content (AvgIpc) is 3.36. The third-order valence-electron chi connectivity index (χ3n) is 4.59. The van der Waals surface area contributed by atoms with Crippen LogP contribution >= 0.6 is 0 Å². The van der Waals surface area contributed by atoms with Gasteiger partial charge in [0.1, 0.15) is 5.76 Å². The summed E-state index contributed by atoms with van der Waals surface area (Å²) < 4.78 is 5.24. The van der Waals surface area contributed by atoms with Gasteiger partial charge >= 0.3 is 0 Å². The number of fused-ring (bicyclic) bond motifs is 1. The van der Waals surface area contributed by atoms with Crippen LogP contribution in [0.4, 0.5) is 11.4 Å². The molecule has 136 valence electrons. The van der Waals surface area contributed by atoms with Crippen LogP contribution in [0.15, 0.2) is 65.5 Å². The molecule has 4 rings (SSSR count). The van der Waals surface area contributed by atoms with Crippen molar-refractivity contribution in [2.24, 2.45) is 0 Å². The topological polar surface area (TPSA) is 75.4 Å². The van der Waals surface area contributed by atoms with Gasteiger partial charge in [-0.3, -0.25) is 14.6 Å². The number of anilines is 2. The molecule has 1 aliphatic heterocycles. The van der Waals surface area contributed by atoms with Crippen molar-refractivity contribution in [3.63, 3.8) is 0 Å². The van der Waals surface area contributed by atoms with Gasteiger partial charge in [0, 0.05) is 43.2 Å². The molecule has 1 N–H and O–H groups in total. The van der Waals surface area contributed by atoms with Crippen molar-refractivity contribution in [1.29, 1.82) is 0 Å². The number of hydrogen-bond acceptors (Lipinski definition) is 4. The van der Waals surface area contributed by atoms with Crippen molar-refractivity contribution >= 4 is 23.2 Å². The third-order valence-corrected chi connectivity index (χ3v) is 4.59. The number of nitrogens with zero attached hydrogens (tertiary/aromatic N) is 2. The predicted octanol–water partition coefficient (Wildman–Crippen LogP) is 3.45. The SMILES string of the molecule is O=C(CCc1ccco1)Nc1ccc2c(c1)CCN2C(=O)c1cccnc1. The summed E-state index contributed by atoms with van der Waals surface area (Å²) in [5.74, 6) is 0.674. The minimum Gasteiger partial charge on any atom is -0.469 e. The van der Waals surface area contributed by atoms with E-state index in [-0.39, 0.29) is 11.8 Å². The highest BCUT2D eigenvalue weighted by Gasteiger charge is 2.26. The lowest BCUT2D eigenvalue weighted by Gasteiger charge is -2.17. The summed E-state index contributed by atoms with van der Waals surface area (Å²) in [4.78, 5) is 30.6. The highest BCUT2D eigenvalue weighted by atomic mass is 16.3. The highest BCUT2D eigenvalue weighted by Crippen LogP contribution is 2.31. The largest absolute Gasteiger partial charge is 0.469 e. The number of amides is 2. The normalized spacial score (nSPS) is 12.7. The fraction of sp³-hybridized carbons (Fsp3) is 0.190. The molecule has 0 unspecified atom stereocenters. The van der Waals surface area contributed by atoms with Gasteiger partial charge in [-0.05, 0) is 54.4 Å². The summed E-state index contributed by atoms with van der Waals surface area (Å²) in [6, 6.07) is 12.9. The van der Waals surface area contributed by atoms with Gasteiger partial charge in [-0.1, -0.05) is 0 Å². The molecule has 6 nitrogen and oxygen atoms in total. The number of carbonyl (C=O) groups is 2. The van der Waals surface area contributed by atoms with Crippen molar-refractivity contribution in [2.45, 2.75) is 19.3 Å². The third kappa shape index (κ3) is 3.74. The zero-order valence-corrected chi connectivity index (χ0v) is 14.7. The summed E-state index contributed by atoms with van der Waals surface area (Å²) in [5.41, 5.74) is 3.25. The standard InChI is InChI=1S/C21H19N3O3/c25-20(8-6-18-4-2-12-27-18)23-17-5-7-19-15(13-17)9-11-24(19)21(26)16-3-1-10-22-14-16/h1-5,7,10,12-14H,6,8-9,11H2,(H,23,25). The monoisotopic (exact) mass is 361 g/mol. The summed E-state index contributed by atoms with van der Waals surface area (Å²) >= 11 is 0. The van der Waals surface area contributed by atoms with E-state index in [0.717, 1.165) is 29.1 Å². The molecule has 0 spiro atoms. The first kappa shape index (κ1) is 17.0. The summed E-state index contributed by atoms with van der Waals surface area (Å²) in [6.07, 6.45) is 6.51. The Bertz CT molecular complexity index is 952. The zero-order valence-electron chi connectivity index (χ0n) is 14.7. The van der Waals surface area contributed by atoms with Crippen LogP contribution in [0.25, 0.3) is 0 Å². The molecular weight excluding hydrogens is 342 g/mol. The molecular formula is C21H19N3O3. The fourth-order valence-corrected chi connectivity index (χ4v) is 3.25. The molecule has 1 aliphatic rings. The fourth-order valence-electron chi connectivity index (χ4n) is 3.25. The van der Waals surface area contributed by atoms with Crippen molar-refractivity contribution in [3.8, 4) is 0 Å². The molecule has 0 bridgehead atoms. The molecule has 0 fully saturated rings. The van der Waals surface area contributed by atoms with Gasteiger partial charge in [0.2, 0.25) is 5.91 Å². The Morgan fingerprint density at radius 2 is 2.11 bits per heavy atom. The van der Waals surface area contributed by atoms with Crippen LogP contribution < -0.4 is 10.2 Å². The highest BCUT2D eigenvalue weighted by molar-refractivity contribution is 6.07. The minimum atomic E-state index is -0.0624. The number of aryl methyl sites for hydroxylation is 1. The Morgan fingerprint density at radius 1 is 1.19 bits per heavy atom.